The van der Waals surface area contributed by atoms with Crippen molar-refractivity contribution in [3.05, 3.63) is 51.7 Å². The van der Waals surface area contributed by atoms with Crippen molar-refractivity contribution in [2.24, 2.45) is 5.73 Å². The molecule has 1 aromatic carbocycles. The second-order valence-corrected chi connectivity index (χ2v) is 4.69. The van der Waals surface area contributed by atoms with Crippen molar-refractivity contribution in [1.82, 2.24) is 4.98 Å². The van der Waals surface area contributed by atoms with Crippen LogP contribution < -0.4 is 10.5 Å². The van der Waals surface area contributed by atoms with Crippen molar-refractivity contribution in [3.8, 4) is 11.5 Å². The lowest BCUT2D eigenvalue weighted by Gasteiger charge is -2.10. The molecule has 0 aliphatic rings. The summed E-state index contributed by atoms with van der Waals surface area (Å²) in [5.74, 6) is 1.21. The van der Waals surface area contributed by atoms with Crippen LogP contribution in [0.3, 0.4) is 0 Å². The molecule has 1 heterocycles. The molecule has 0 fully saturated rings. The van der Waals surface area contributed by atoms with Gasteiger partial charge in [-0.15, -0.1) is 0 Å². The zero-order chi connectivity index (χ0) is 12.3. The van der Waals surface area contributed by atoms with Crippen LogP contribution in [0.2, 0.25) is 5.02 Å². The van der Waals surface area contributed by atoms with Crippen molar-refractivity contribution in [1.29, 1.82) is 0 Å². The minimum atomic E-state index is 0.395. The van der Waals surface area contributed by atoms with E-state index in [1.807, 2.05) is 12.1 Å². The van der Waals surface area contributed by atoms with Crippen molar-refractivity contribution in [2.75, 3.05) is 0 Å². The fourth-order valence-electron chi connectivity index (χ4n) is 1.35. The highest BCUT2D eigenvalue weighted by atomic mass is 79.9. The molecule has 1 aromatic heterocycles. The summed E-state index contributed by atoms with van der Waals surface area (Å²) in [5, 5.41) is 0.534. The number of hydrogen-bond acceptors (Lipinski definition) is 3. The van der Waals surface area contributed by atoms with Gasteiger partial charge in [0, 0.05) is 22.8 Å². The predicted octanol–water partition coefficient (Wildman–Crippen LogP) is 3.75. The van der Waals surface area contributed by atoms with Crippen LogP contribution in [0.1, 0.15) is 5.56 Å². The van der Waals surface area contributed by atoms with Crippen molar-refractivity contribution >= 4 is 27.5 Å². The first-order chi connectivity index (χ1) is 8.20. The highest BCUT2D eigenvalue weighted by molar-refractivity contribution is 9.10. The zero-order valence-corrected chi connectivity index (χ0v) is 11.2. The van der Waals surface area contributed by atoms with Gasteiger partial charge in [-0.05, 0) is 24.3 Å². The van der Waals surface area contributed by atoms with Gasteiger partial charge in [-0.1, -0.05) is 27.5 Å². The molecule has 0 unspecified atom stereocenters. The maximum absolute atomic E-state index is 6.07. The van der Waals surface area contributed by atoms with Crippen molar-refractivity contribution < 1.29 is 4.74 Å². The summed E-state index contributed by atoms with van der Waals surface area (Å²) in [6, 6.07) is 7.25. The smallest absolute Gasteiger partial charge is 0.150 e. The number of halogens is 2. The molecule has 2 rings (SSSR count). The highest BCUT2D eigenvalue weighted by Crippen LogP contribution is 2.32. The van der Waals surface area contributed by atoms with Gasteiger partial charge in [0.15, 0.2) is 0 Å². The van der Waals surface area contributed by atoms with Crippen molar-refractivity contribution in [2.45, 2.75) is 6.54 Å². The Kier molecular flexibility index (Phi) is 3.99. The van der Waals surface area contributed by atoms with Crippen LogP contribution in [-0.2, 0) is 6.54 Å². The van der Waals surface area contributed by atoms with Gasteiger partial charge in [-0.2, -0.15) is 0 Å². The average Bonchev–Trinajstić information content (AvgIpc) is 2.33. The largest absolute Gasteiger partial charge is 0.454 e. The molecule has 0 aliphatic heterocycles. The molecule has 0 spiro atoms. The molecule has 88 valence electrons. The van der Waals surface area contributed by atoms with E-state index in [4.69, 9.17) is 22.1 Å². The summed E-state index contributed by atoms with van der Waals surface area (Å²) in [4.78, 5) is 4.00. The number of hydrogen-bond donors (Lipinski definition) is 1. The van der Waals surface area contributed by atoms with Gasteiger partial charge in [-0.25, -0.2) is 0 Å². The van der Waals surface area contributed by atoms with E-state index in [1.165, 1.54) is 0 Å². The third-order valence-electron chi connectivity index (χ3n) is 2.20. The molecule has 0 amide bonds. The van der Waals surface area contributed by atoms with Gasteiger partial charge in [0.05, 0.1) is 11.2 Å². The molecule has 0 atom stereocenters. The molecular weight excluding hydrogens is 304 g/mol. The number of nitrogens with two attached hydrogens (primary N) is 1. The first-order valence-corrected chi connectivity index (χ1v) is 6.13. The molecule has 0 aliphatic carbocycles. The predicted molar refractivity (Wildman–Crippen MR) is 71.4 cm³/mol. The van der Waals surface area contributed by atoms with Gasteiger partial charge in [0.2, 0.25) is 0 Å². The zero-order valence-electron chi connectivity index (χ0n) is 8.86. The van der Waals surface area contributed by atoms with Crippen LogP contribution in [0, 0.1) is 0 Å². The van der Waals surface area contributed by atoms with Gasteiger partial charge in [0.25, 0.3) is 0 Å². The lowest BCUT2D eigenvalue weighted by atomic mass is 10.2. The molecule has 17 heavy (non-hydrogen) atoms. The Labute approximate surface area is 113 Å². The third-order valence-corrected chi connectivity index (χ3v) is 2.99. The van der Waals surface area contributed by atoms with E-state index in [-0.39, 0.29) is 0 Å². The maximum Gasteiger partial charge on any atom is 0.150 e. The van der Waals surface area contributed by atoms with Crippen LogP contribution in [-0.4, -0.2) is 4.98 Å². The monoisotopic (exact) mass is 312 g/mol. The highest BCUT2D eigenvalue weighted by Gasteiger charge is 2.07. The Morgan fingerprint density at radius 2 is 2.12 bits per heavy atom. The van der Waals surface area contributed by atoms with Gasteiger partial charge >= 0.3 is 0 Å². The summed E-state index contributed by atoms with van der Waals surface area (Å²) in [6.45, 7) is 0.395. The molecule has 0 bridgehead atoms. The molecule has 5 heteroatoms. The van der Waals surface area contributed by atoms with Crippen LogP contribution in [0.5, 0.6) is 11.5 Å². The fraction of sp³-hybridized carbons (Fsp3) is 0.0833. The van der Waals surface area contributed by atoms with E-state index in [9.17, 15) is 0 Å². The van der Waals surface area contributed by atoms with E-state index in [0.717, 1.165) is 10.0 Å². The van der Waals surface area contributed by atoms with Gasteiger partial charge in [-0.3, -0.25) is 4.98 Å². The molecule has 0 radical (unpaired) electrons. The Morgan fingerprint density at radius 1 is 1.29 bits per heavy atom. The minimum absolute atomic E-state index is 0.395. The van der Waals surface area contributed by atoms with E-state index in [1.54, 1.807) is 24.5 Å². The first kappa shape index (κ1) is 12.4. The second-order valence-electron chi connectivity index (χ2n) is 3.36. The Morgan fingerprint density at radius 3 is 2.82 bits per heavy atom. The van der Waals surface area contributed by atoms with E-state index in [0.29, 0.717) is 23.1 Å². The van der Waals surface area contributed by atoms with E-state index in [2.05, 4.69) is 20.9 Å². The Balaban J connectivity index is 2.31. The van der Waals surface area contributed by atoms with Gasteiger partial charge in [0.1, 0.15) is 11.5 Å². The number of nitrogens with zero attached hydrogens (tertiary/aromatic N) is 1. The summed E-state index contributed by atoms with van der Waals surface area (Å²) in [5.41, 5.74) is 6.51. The standard InChI is InChI=1S/C12H10BrClN2O/c13-9-1-2-11(10(14)5-9)17-12-7-16-4-3-8(12)6-15/h1-5,7H,6,15H2. The summed E-state index contributed by atoms with van der Waals surface area (Å²) in [6.07, 6.45) is 3.30. The SMILES string of the molecule is NCc1ccncc1Oc1ccc(Br)cc1Cl. The summed E-state index contributed by atoms with van der Waals surface area (Å²) in [7, 11) is 0. The van der Waals surface area contributed by atoms with Crippen LogP contribution >= 0.6 is 27.5 Å². The summed E-state index contributed by atoms with van der Waals surface area (Å²) >= 11 is 9.41. The average molecular weight is 314 g/mol. The molecule has 2 aromatic rings. The Bertz CT molecular complexity index is 534. The topological polar surface area (TPSA) is 48.1 Å². The number of aromatic nitrogens is 1. The maximum atomic E-state index is 6.07. The molecule has 0 saturated carbocycles. The Hall–Kier alpha value is -1.10. The van der Waals surface area contributed by atoms with E-state index >= 15 is 0 Å². The number of benzene rings is 1. The van der Waals surface area contributed by atoms with Crippen molar-refractivity contribution in [3.63, 3.8) is 0 Å². The van der Waals surface area contributed by atoms with Crippen LogP contribution in [0.4, 0.5) is 0 Å². The molecule has 3 nitrogen and oxygen atoms in total. The lowest BCUT2D eigenvalue weighted by Crippen LogP contribution is -1.99. The number of rotatable bonds is 3. The number of ether oxygens (including phenoxy) is 1. The quantitative estimate of drug-likeness (QED) is 0.939. The van der Waals surface area contributed by atoms with Crippen LogP contribution in [0.15, 0.2) is 41.1 Å². The molecule has 2 N–H and O–H groups in total. The summed E-state index contributed by atoms with van der Waals surface area (Å²) < 4.78 is 6.59. The van der Waals surface area contributed by atoms with Gasteiger partial charge < -0.3 is 10.5 Å². The first-order valence-electron chi connectivity index (χ1n) is 4.96. The second kappa shape index (κ2) is 5.49. The minimum Gasteiger partial charge on any atom is -0.454 e. The van der Waals surface area contributed by atoms with Crippen LogP contribution in [0.25, 0.3) is 0 Å². The molecular formula is C12H10BrClN2O. The lowest BCUT2D eigenvalue weighted by molar-refractivity contribution is 0.474. The number of pyridine rings is 1. The fourth-order valence-corrected chi connectivity index (χ4v) is 2.06. The van der Waals surface area contributed by atoms with E-state index < -0.39 is 0 Å². The normalized spacial score (nSPS) is 10.3. The third kappa shape index (κ3) is 2.97. The molecule has 0 saturated heterocycles.